The molecule has 2 aromatic rings. The molecule has 1 N–H and O–H groups in total. The van der Waals surface area contributed by atoms with Gasteiger partial charge < -0.3 is 14.6 Å². The van der Waals surface area contributed by atoms with E-state index in [4.69, 9.17) is 4.42 Å². The minimum atomic E-state index is 0.0167. The predicted octanol–water partition coefficient (Wildman–Crippen LogP) is 2.87. The van der Waals surface area contributed by atoms with Gasteiger partial charge in [0.2, 0.25) is 0 Å². The molecule has 21 heavy (non-hydrogen) atoms. The molecular weight excluding hydrogens is 264 g/mol. The maximum Gasteiger partial charge on any atom is 0.289 e. The van der Waals surface area contributed by atoms with E-state index in [0.717, 1.165) is 48.0 Å². The van der Waals surface area contributed by atoms with E-state index in [0.29, 0.717) is 11.8 Å². The number of likely N-dealkylation sites (tertiary alicyclic amines) is 1. The standard InChI is InChI=1S/C17H22N2O2/c1-11-6-4-8-14-12(2)16(21-15(11)14)17(20)19-9-5-7-13(10-19)18-3/h4,6,8,13,18H,5,7,9-10H2,1-3H3. The topological polar surface area (TPSA) is 45.5 Å². The molecule has 1 aliphatic heterocycles. The smallest absolute Gasteiger partial charge is 0.289 e. The molecule has 0 saturated carbocycles. The van der Waals surface area contributed by atoms with Crippen LogP contribution in [-0.2, 0) is 0 Å². The molecule has 4 heteroatoms. The summed E-state index contributed by atoms with van der Waals surface area (Å²) >= 11 is 0. The number of fused-ring (bicyclic) bond motifs is 1. The highest BCUT2D eigenvalue weighted by molar-refractivity contribution is 5.99. The largest absolute Gasteiger partial charge is 0.450 e. The van der Waals surface area contributed by atoms with Crippen LogP contribution < -0.4 is 5.32 Å². The second kappa shape index (κ2) is 5.53. The highest BCUT2D eigenvalue weighted by Gasteiger charge is 2.27. The Balaban J connectivity index is 1.94. The summed E-state index contributed by atoms with van der Waals surface area (Å²) in [5.41, 5.74) is 2.85. The average molecular weight is 286 g/mol. The third-order valence-corrected chi connectivity index (χ3v) is 4.47. The van der Waals surface area contributed by atoms with Crippen molar-refractivity contribution in [2.24, 2.45) is 0 Å². The molecule has 0 spiro atoms. The molecule has 1 unspecified atom stereocenters. The van der Waals surface area contributed by atoms with E-state index in [-0.39, 0.29) is 5.91 Å². The summed E-state index contributed by atoms with van der Waals surface area (Å²) in [4.78, 5) is 14.7. The van der Waals surface area contributed by atoms with E-state index in [1.165, 1.54) is 0 Å². The summed E-state index contributed by atoms with van der Waals surface area (Å²) in [5, 5.41) is 4.31. The van der Waals surface area contributed by atoms with Crippen LogP contribution in [-0.4, -0.2) is 37.0 Å². The Kier molecular flexibility index (Phi) is 3.72. The molecular formula is C17H22N2O2. The number of carbonyl (C=O) groups excluding carboxylic acids is 1. The number of benzene rings is 1. The van der Waals surface area contributed by atoms with E-state index < -0.39 is 0 Å². The number of aryl methyl sites for hydroxylation is 2. The van der Waals surface area contributed by atoms with Gasteiger partial charge in [-0.3, -0.25) is 4.79 Å². The maximum absolute atomic E-state index is 12.8. The van der Waals surface area contributed by atoms with Crippen LogP contribution in [0, 0.1) is 13.8 Å². The number of nitrogens with one attached hydrogen (secondary N) is 1. The van der Waals surface area contributed by atoms with Crippen molar-refractivity contribution in [3.63, 3.8) is 0 Å². The SMILES string of the molecule is CNC1CCCN(C(=O)c2oc3c(C)cccc3c2C)C1. The summed E-state index contributed by atoms with van der Waals surface area (Å²) < 4.78 is 5.90. The van der Waals surface area contributed by atoms with Crippen LogP contribution in [0.2, 0.25) is 0 Å². The molecule has 4 nitrogen and oxygen atoms in total. The number of rotatable bonds is 2. The van der Waals surface area contributed by atoms with Gasteiger partial charge in [-0.1, -0.05) is 18.2 Å². The molecule has 3 rings (SSSR count). The van der Waals surface area contributed by atoms with Crippen molar-refractivity contribution in [1.82, 2.24) is 10.2 Å². The highest BCUT2D eigenvalue weighted by atomic mass is 16.3. The van der Waals surface area contributed by atoms with Crippen LogP contribution in [0.5, 0.6) is 0 Å². The molecule has 0 radical (unpaired) electrons. The summed E-state index contributed by atoms with van der Waals surface area (Å²) in [6, 6.07) is 6.42. The van der Waals surface area contributed by atoms with Crippen molar-refractivity contribution in [3.8, 4) is 0 Å². The third-order valence-electron chi connectivity index (χ3n) is 4.47. The van der Waals surface area contributed by atoms with Crippen LogP contribution in [0.3, 0.4) is 0 Å². The van der Waals surface area contributed by atoms with Crippen LogP contribution >= 0.6 is 0 Å². The first-order valence-corrected chi connectivity index (χ1v) is 7.57. The molecule has 1 aromatic carbocycles. The van der Waals surface area contributed by atoms with Crippen LogP contribution in [0.1, 0.15) is 34.5 Å². The number of amides is 1. The Hall–Kier alpha value is -1.81. The van der Waals surface area contributed by atoms with E-state index in [1.54, 1.807) is 0 Å². The minimum Gasteiger partial charge on any atom is -0.450 e. The van der Waals surface area contributed by atoms with Crippen molar-refractivity contribution in [3.05, 3.63) is 35.1 Å². The summed E-state index contributed by atoms with van der Waals surface area (Å²) in [6.45, 7) is 5.55. The third kappa shape index (κ3) is 2.44. The number of nitrogens with zero attached hydrogens (tertiary/aromatic N) is 1. The van der Waals surface area contributed by atoms with E-state index >= 15 is 0 Å². The lowest BCUT2D eigenvalue weighted by atomic mass is 10.0. The number of hydrogen-bond acceptors (Lipinski definition) is 3. The fraction of sp³-hybridized carbons (Fsp3) is 0.471. The zero-order valence-corrected chi connectivity index (χ0v) is 12.9. The second-order valence-electron chi connectivity index (χ2n) is 5.89. The summed E-state index contributed by atoms with van der Waals surface area (Å²) in [7, 11) is 1.95. The number of hydrogen-bond donors (Lipinski definition) is 1. The quantitative estimate of drug-likeness (QED) is 0.923. The van der Waals surface area contributed by atoms with Gasteiger partial charge in [0, 0.05) is 30.1 Å². The van der Waals surface area contributed by atoms with Crippen LogP contribution in [0.25, 0.3) is 11.0 Å². The Morgan fingerprint density at radius 3 is 2.90 bits per heavy atom. The molecule has 0 aliphatic carbocycles. The fourth-order valence-electron chi connectivity index (χ4n) is 3.13. The number of piperidine rings is 1. The molecule has 1 fully saturated rings. The Morgan fingerprint density at radius 1 is 1.38 bits per heavy atom. The van der Waals surface area contributed by atoms with Crippen molar-refractivity contribution in [1.29, 1.82) is 0 Å². The molecule has 1 amide bonds. The highest BCUT2D eigenvalue weighted by Crippen LogP contribution is 2.29. The Labute approximate surface area is 125 Å². The van der Waals surface area contributed by atoms with Crippen molar-refractivity contribution < 1.29 is 9.21 Å². The predicted molar refractivity (Wildman–Crippen MR) is 83.7 cm³/mol. The molecule has 1 saturated heterocycles. The van der Waals surface area contributed by atoms with Crippen molar-refractivity contribution >= 4 is 16.9 Å². The van der Waals surface area contributed by atoms with Gasteiger partial charge in [-0.2, -0.15) is 0 Å². The van der Waals surface area contributed by atoms with Gasteiger partial charge in [0.25, 0.3) is 5.91 Å². The van der Waals surface area contributed by atoms with Gasteiger partial charge in [-0.15, -0.1) is 0 Å². The first-order valence-electron chi connectivity index (χ1n) is 7.57. The van der Waals surface area contributed by atoms with Gasteiger partial charge in [-0.25, -0.2) is 0 Å². The van der Waals surface area contributed by atoms with Crippen molar-refractivity contribution in [2.75, 3.05) is 20.1 Å². The van der Waals surface area contributed by atoms with Gasteiger partial charge in [0.1, 0.15) is 5.58 Å². The van der Waals surface area contributed by atoms with Gasteiger partial charge in [0.05, 0.1) is 0 Å². The summed E-state index contributed by atoms with van der Waals surface area (Å²) in [6.07, 6.45) is 2.16. The first kappa shape index (κ1) is 14.1. The molecule has 2 heterocycles. The van der Waals surface area contributed by atoms with Crippen LogP contribution in [0.15, 0.2) is 22.6 Å². The van der Waals surface area contributed by atoms with Gasteiger partial charge in [-0.05, 0) is 39.3 Å². The second-order valence-corrected chi connectivity index (χ2v) is 5.89. The number of para-hydroxylation sites is 1. The average Bonchev–Trinajstić information content (AvgIpc) is 2.85. The lowest BCUT2D eigenvalue weighted by Gasteiger charge is -2.32. The molecule has 0 bridgehead atoms. The monoisotopic (exact) mass is 286 g/mol. The Morgan fingerprint density at radius 2 is 2.19 bits per heavy atom. The maximum atomic E-state index is 12.8. The summed E-state index contributed by atoms with van der Waals surface area (Å²) in [5.74, 6) is 0.513. The number of carbonyl (C=O) groups is 1. The van der Waals surface area contributed by atoms with Crippen molar-refractivity contribution in [2.45, 2.75) is 32.7 Å². The minimum absolute atomic E-state index is 0.0167. The Bertz CT molecular complexity index is 675. The van der Waals surface area contributed by atoms with Gasteiger partial charge >= 0.3 is 0 Å². The molecule has 1 atom stereocenters. The van der Waals surface area contributed by atoms with Crippen LogP contribution in [0.4, 0.5) is 0 Å². The van der Waals surface area contributed by atoms with E-state index in [9.17, 15) is 4.79 Å². The normalized spacial score (nSPS) is 19.2. The molecule has 112 valence electrons. The zero-order chi connectivity index (χ0) is 15.0. The molecule has 1 aromatic heterocycles. The lowest BCUT2D eigenvalue weighted by molar-refractivity contribution is 0.0667. The number of furan rings is 1. The van der Waals surface area contributed by atoms with E-state index in [2.05, 4.69) is 5.32 Å². The number of likely N-dealkylation sites (N-methyl/N-ethyl adjacent to an activating group) is 1. The van der Waals surface area contributed by atoms with E-state index in [1.807, 2.05) is 44.0 Å². The van der Waals surface area contributed by atoms with Gasteiger partial charge in [0.15, 0.2) is 5.76 Å². The fourth-order valence-corrected chi connectivity index (χ4v) is 3.13. The zero-order valence-electron chi connectivity index (χ0n) is 12.9. The lowest BCUT2D eigenvalue weighted by Crippen LogP contribution is -2.47. The molecule has 1 aliphatic rings. The first-order chi connectivity index (χ1) is 10.1.